The van der Waals surface area contributed by atoms with Crippen LogP contribution in [0.25, 0.3) is 11.1 Å². The summed E-state index contributed by atoms with van der Waals surface area (Å²) in [5.74, 6) is -0.420. The molecular weight excluding hydrogens is 272 g/mol. The molecule has 4 nitrogen and oxygen atoms in total. The topological polar surface area (TPSA) is 58.0 Å². The maximum Gasteiger partial charge on any atom is 0.417 e. The summed E-state index contributed by atoms with van der Waals surface area (Å²) in [5, 5.41) is 3.44. The third-order valence-electron chi connectivity index (χ3n) is 3.26. The largest absolute Gasteiger partial charge is 0.417 e. The fourth-order valence-corrected chi connectivity index (χ4v) is 3.14. The Bertz CT molecular complexity index is 784. The van der Waals surface area contributed by atoms with Crippen molar-refractivity contribution >= 4 is 28.1 Å². The number of oxazole rings is 1. The predicted molar refractivity (Wildman–Crippen MR) is 82.6 cm³/mol. The van der Waals surface area contributed by atoms with Gasteiger partial charge in [0.2, 0.25) is 0 Å². The van der Waals surface area contributed by atoms with Crippen molar-refractivity contribution in [3.05, 3.63) is 50.6 Å². The van der Waals surface area contributed by atoms with Crippen molar-refractivity contribution < 1.29 is 4.42 Å². The van der Waals surface area contributed by atoms with Gasteiger partial charge in [0.1, 0.15) is 0 Å². The van der Waals surface area contributed by atoms with E-state index in [2.05, 4.69) is 36.3 Å². The van der Waals surface area contributed by atoms with Crippen LogP contribution in [0.1, 0.15) is 29.6 Å². The van der Waals surface area contributed by atoms with E-state index >= 15 is 0 Å². The molecule has 0 aliphatic carbocycles. The molecule has 1 unspecified atom stereocenters. The number of nitrogens with one attached hydrogen (secondary N) is 2. The van der Waals surface area contributed by atoms with Crippen LogP contribution in [0.4, 0.5) is 5.69 Å². The van der Waals surface area contributed by atoms with Gasteiger partial charge in [0.15, 0.2) is 5.58 Å². The van der Waals surface area contributed by atoms with E-state index in [1.165, 1.54) is 9.75 Å². The Kier molecular flexibility index (Phi) is 3.36. The minimum Gasteiger partial charge on any atom is -0.408 e. The van der Waals surface area contributed by atoms with E-state index in [0.29, 0.717) is 11.1 Å². The lowest BCUT2D eigenvalue weighted by Crippen LogP contribution is -2.04. The maximum absolute atomic E-state index is 11.1. The molecule has 0 aliphatic heterocycles. The lowest BCUT2D eigenvalue weighted by atomic mass is 10.2. The van der Waals surface area contributed by atoms with Crippen LogP contribution in [0.15, 0.2) is 39.5 Å². The standard InChI is InChI=1S/C15H16N2O2S/c1-3-11-5-7-14(20-11)9(2)16-10-4-6-13-12(8-10)17-15(18)19-13/h4-9,16H,3H2,1-2H3,(H,17,18). The number of aryl methyl sites for hydroxylation is 1. The Morgan fingerprint density at radius 2 is 2.20 bits per heavy atom. The molecule has 0 saturated carbocycles. The smallest absolute Gasteiger partial charge is 0.408 e. The average molecular weight is 288 g/mol. The lowest BCUT2D eigenvalue weighted by Gasteiger charge is -2.13. The number of benzene rings is 1. The Morgan fingerprint density at radius 3 is 2.95 bits per heavy atom. The van der Waals surface area contributed by atoms with Gasteiger partial charge in [-0.2, -0.15) is 0 Å². The van der Waals surface area contributed by atoms with Gasteiger partial charge in [-0.15, -0.1) is 11.3 Å². The molecule has 0 aliphatic rings. The third-order valence-corrected chi connectivity index (χ3v) is 4.67. The third kappa shape index (κ3) is 2.49. The van der Waals surface area contributed by atoms with Crippen molar-refractivity contribution in [2.45, 2.75) is 26.3 Å². The highest BCUT2D eigenvalue weighted by atomic mass is 32.1. The summed E-state index contributed by atoms with van der Waals surface area (Å²) in [6, 6.07) is 10.2. The number of hydrogen-bond acceptors (Lipinski definition) is 4. The second-order valence-electron chi connectivity index (χ2n) is 4.75. The number of fused-ring (bicyclic) bond motifs is 1. The van der Waals surface area contributed by atoms with Gasteiger partial charge in [0.25, 0.3) is 0 Å². The van der Waals surface area contributed by atoms with E-state index in [-0.39, 0.29) is 6.04 Å². The van der Waals surface area contributed by atoms with E-state index in [1.54, 1.807) is 6.07 Å². The van der Waals surface area contributed by atoms with Crippen molar-refractivity contribution in [2.75, 3.05) is 5.32 Å². The first-order chi connectivity index (χ1) is 9.65. The minimum atomic E-state index is -0.420. The normalized spacial score (nSPS) is 12.7. The van der Waals surface area contributed by atoms with Crippen molar-refractivity contribution in [1.82, 2.24) is 4.98 Å². The highest BCUT2D eigenvalue weighted by Gasteiger charge is 2.09. The molecule has 104 valence electrons. The highest BCUT2D eigenvalue weighted by molar-refractivity contribution is 7.12. The van der Waals surface area contributed by atoms with E-state index < -0.39 is 5.76 Å². The Morgan fingerprint density at radius 1 is 1.35 bits per heavy atom. The zero-order valence-corrected chi connectivity index (χ0v) is 12.2. The summed E-state index contributed by atoms with van der Waals surface area (Å²) in [6.45, 7) is 4.30. The lowest BCUT2D eigenvalue weighted by molar-refractivity contribution is 0.555. The quantitative estimate of drug-likeness (QED) is 0.765. The van der Waals surface area contributed by atoms with Gasteiger partial charge in [0.05, 0.1) is 11.6 Å². The van der Waals surface area contributed by atoms with Crippen LogP contribution in [0, 0.1) is 0 Å². The van der Waals surface area contributed by atoms with Gasteiger partial charge in [-0.1, -0.05) is 6.92 Å². The zero-order chi connectivity index (χ0) is 14.1. The van der Waals surface area contributed by atoms with Crippen LogP contribution >= 0.6 is 11.3 Å². The van der Waals surface area contributed by atoms with Gasteiger partial charge < -0.3 is 9.73 Å². The number of H-pyrrole nitrogens is 1. The number of anilines is 1. The number of aromatic nitrogens is 1. The minimum absolute atomic E-state index is 0.233. The van der Waals surface area contributed by atoms with Crippen LogP contribution in [0.2, 0.25) is 0 Å². The molecule has 2 heterocycles. The highest BCUT2D eigenvalue weighted by Crippen LogP contribution is 2.27. The summed E-state index contributed by atoms with van der Waals surface area (Å²) in [6.07, 6.45) is 1.07. The Balaban J connectivity index is 1.82. The molecule has 1 aromatic carbocycles. The van der Waals surface area contributed by atoms with E-state index in [1.807, 2.05) is 23.5 Å². The summed E-state index contributed by atoms with van der Waals surface area (Å²) in [7, 11) is 0. The first-order valence-electron chi connectivity index (χ1n) is 6.63. The van der Waals surface area contributed by atoms with Crippen molar-refractivity contribution in [2.24, 2.45) is 0 Å². The Labute approximate surface area is 120 Å². The summed E-state index contributed by atoms with van der Waals surface area (Å²) in [4.78, 5) is 16.5. The SMILES string of the molecule is CCc1ccc(C(C)Nc2ccc3oc(=O)[nH]c3c2)s1. The van der Waals surface area contributed by atoms with Gasteiger partial charge in [-0.3, -0.25) is 4.98 Å². The number of thiophene rings is 1. The molecule has 0 radical (unpaired) electrons. The summed E-state index contributed by atoms with van der Waals surface area (Å²) >= 11 is 1.83. The van der Waals surface area contributed by atoms with Crippen LogP contribution < -0.4 is 11.1 Å². The summed E-state index contributed by atoms with van der Waals surface area (Å²) in [5.41, 5.74) is 2.26. The van der Waals surface area contributed by atoms with E-state index in [4.69, 9.17) is 4.42 Å². The molecule has 2 aromatic heterocycles. The van der Waals surface area contributed by atoms with Crippen molar-refractivity contribution in [3.63, 3.8) is 0 Å². The van der Waals surface area contributed by atoms with E-state index in [9.17, 15) is 4.79 Å². The van der Waals surface area contributed by atoms with Crippen LogP contribution in [-0.2, 0) is 6.42 Å². The molecule has 0 bridgehead atoms. The van der Waals surface area contributed by atoms with Gasteiger partial charge >= 0.3 is 5.76 Å². The number of aromatic amines is 1. The first-order valence-corrected chi connectivity index (χ1v) is 7.45. The van der Waals surface area contributed by atoms with E-state index in [0.717, 1.165) is 12.1 Å². The second kappa shape index (κ2) is 5.17. The number of rotatable bonds is 4. The molecule has 0 spiro atoms. The average Bonchev–Trinajstić information content (AvgIpc) is 3.03. The van der Waals surface area contributed by atoms with Crippen LogP contribution in [0.5, 0.6) is 0 Å². The molecule has 5 heteroatoms. The van der Waals surface area contributed by atoms with Crippen LogP contribution in [-0.4, -0.2) is 4.98 Å². The first kappa shape index (κ1) is 13.0. The molecule has 1 atom stereocenters. The predicted octanol–water partition coefficient (Wildman–Crippen LogP) is 3.92. The van der Waals surface area contributed by atoms with Crippen molar-refractivity contribution in [3.8, 4) is 0 Å². The summed E-state index contributed by atoms with van der Waals surface area (Å²) < 4.78 is 4.99. The van der Waals surface area contributed by atoms with Gasteiger partial charge in [-0.05, 0) is 43.7 Å². The molecule has 2 N–H and O–H groups in total. The van der Waals surface area contributed by atoms with Gasteiger partial charge in [-0.25, -0.2) is 4.79 Å². The Hall–Kier alpha value is -2.01. The molecule has 0 saturated heterocycles. The fraction of sp³-hybridized carbons (Fsp3) is 0.267. The molecule has 3 rings (SSSR count). The molecule has 0 fully saturated rings. The zero-order valence-electron chi connectivity index (χ0n) is 11.4. The monoisotopic (exact) mass is 288 g/mol. The second-order valence-corrected chi connectivity index (χ2v) is 5.95. The van der Waals surface area contributed by atoms with Crippen LogP contribution in [0.3, 0.4) is 0 Å². The molecule has 3 aromatic rings. The molecular formula is C15H16N2O2S. The molecule has 0 amide bonds. The van der Waals surface area contributed by atoms with Gasteiger partial charge in [0, 0.05) is 15.4 Å². The van der Waals surface area contributed by atoms with Crippen molar-refractivity contribution in [1.29, 1.82) is 0 Å². The fourth-order valence-electron chi connectivity index (χ4n) is 2.18. The maximum atomic E-state index is 11.1. The number of hydrogen-bond donors (Lipinski definition) is 2. The molecule has 20 heavy (non-hydrogen) atoms.